The number of hydrogen-bond donors (Lipinski definition) is 2. The topological polar surface area (TPSA) is 58.4 Å². The second-order valence-corrected chi connectivity index (χ2v) is 4.74. The van der Waals surface area contributed by atoms with Crippen LogP contribution in [0.15, 0.2) is 0 Å². The molecule has 1 aliphatic heterocycles. The second kappa shape index (κ2) is 6.86. The lowest BCUT2D eigenvalue weighted by molar-refractivity contribution is -0.121. The zero-order valence-electron chi connectivity index (χ0n) is 10.5. The van der Waals surface area contributed by atoms with E-state index < -0.39 is 0 Å². The Balaban J connectivity index is 2.16. The number of hydrogen-bond acceptors (Lipinski definition) is 3. The molecule has 4 nitrogen and oxygen atoms in total. The van der Waals surface area contributed by atoms with Crippen molar-refractivity contribution in [1.82, 2.24) is 10.2 Å². The number of amides is 1. The Bertz CT molecular complexity index is 218. The van der Waals surface area contributed by atoms with Crippen molar-refractivity contribution in [2.75, 3.05) is 19.6 Å². The average molecular weight is 227 g/mol. The summed E-state index contributed by atoms with van der Waals surface area (Å²) >= 11 is 0. The summed E-state index contributed by atoms with van der Waals surface area (Å²) in [4.78, 5) is 14.0. The largest absolute Gasteiger partial charge is 0.355 e. The third-order valence-corrected chi connectivity index (χ3v) is 3.27. The van der Waals surface area contributed by atoms with Crippen LogP contribution < -0.4 is 11.1 Å². The van der Waals surface area contributed by atoms with E-state index in [1.165, 1.54) is 19.4 Å². The highest BCUT2D eigenvalue weighted by atomic mass is 16.1. The summed E-state index contributed by atoms with van der Waals surface area (Å²) in [5.41, 5.74) is 5.61. The van der Waals surface area contributed by atoms with Gasteiger partial charge in [0.1, 0.15) is 0 Å². The fourth-order valence-corrected chi connectivity index (χ4v) is 2.22. The highest BCUT2D eigenvalue weighted by Crippen LogP contribution is 2.15. The Morgan fingerprint density at radius 2 is 2.38 bits per heavy atom. The van der Waals surface area contributed by atoms with Crippen molar-refractivity contribution in [2.45, 2.75) is 51.6 Å². The molecule has 16 heavy (non-hydrogen) atoms. The fourth-order valence-electron chi connectivity index (χ4n) is 2.22. The molecule has 94 valence electrons. The first kappa shape index (κ1) is 13.5. The summed E-state index contributed by atoms with van der Waals surface area (Å²) < 4.78 is 0. The Hall–Kier alpha value is -0.610. The van der Waals surface area contributed by atoms with Gasteiger partial charge in [-0.05, 0) is 39.3 Å². The molecule has 0 aromatic carbocycles. The van der Waals surface area contributed by atoms with E-state index in [2.05, 4.69) is 17.1 Å². The lowest BCUT2D eigenvalue weighted by Gasteiger charge is -2.22. The van der Waals surface area contributed by atoms with Crippen LogP contribution in [-0.2, 0) is 4.79 Å². The quantitative estimate of drug-likeness (QED) is 0.703. The number of carbonyl (C=O) groups is 1. The molecule has 1 saturated heterocycles. The molecular weight excluding hydrogens is 202 g/mol. The summed E-state index contributed by atoms with van der Waals surface area (Å²) in [5.74, 6) is 0.139. The Labute approximate surface area is 98.6 Å². The second-order valence-electron chi connectivity index (χ2n) is 4.74. The molecule has 0 aromatic rings. The van der Waals surface area contributed by atoms with E-state index in [9.17, 15) is 4.79 Å². The molecule has 1 rings (SSSR count). The van der Waals surface area contributed by atoms with Gasteiger partial charge in [0.15, 0.2) is 0 Å². The monoisotopic (exact) mass is 227 g/mol. The maximum Gasteiger partial charge on any atom is 0.220 e. The van der Waals surface area contributed by atoms with E-state index in [0.717, 1.165) is 19.5 Å². The minimum Gasteiger partial charge on any atom is -0.355 e. The molecule has 2 unspecified atom stereocenters. The van der Waals surface area contributed by atoms with Gasteiger partial charge in [0.25, 0.3) is 0 Å². The zero-order chi connectivity index (χ0) is 12.0. The molecule has 0 saturated carbocycles. The van der Waals surface area contributed by atoms with Gasteiger partial charge in [-0.3, -0.25) is 9.69 Å². The molecule has 1 heterocycles. The molecule has 2 atom stereocenters. The maximum atomic E-state index is 11.5. The number of nitrogens with two attached hydrogens (primary N) is 1. The van der Waals surface area contributed by atoms with Gasteiger partial charge in [0.2, 0.25) is 5.91 Å². The third-order valence-electron chi connectivity index (χ3n) is 3.27. The van der Waals surface area contributed by atoms with Gasteiger partial charge in [-0.1, -0.05) is 6.92 Å². The van der Waals surface area contributed by atoms with Crippen molar-refractivity contribution in [2.24, 2.45) is 5.73 Å². The van der Waals surface area contributed by atoms with Gasteiger partial charge in [-0.25, -0.2) is 0 Å². The van der Waals surface area contributed by atoms with Crippen LogP contribution in [0.5, 0.6) is 0 Å². The first-order valence-corrected chi connectivity index (χ1v) is 6.39. The van der Waals surface area contributed by atoms with Crippen LogP contribution in [0.25, 0.3) is 0 Å². The standard InChI is InChI=1S/C12H25N3O/c1-3-15-8-4-5-11(15)9-14-12(16)7-6-10(2)13/h10-11H,3-9,13H2,1-2H3,(H,14,16). The van der Waals surface area contributed by atoms with Crippen molar-refractivity contribution >= 4 is 5.91 Å². The van der Waals surface area contributed by atoms with Gasteiger partial charge in [-0.15, -0.1) is 0 Å². The Kier molecular flexibility index (Phi) is 5.77. The predicted molar refractivity (Wildman–Crippen MR) is 66.2 cm³/mol. The molecule has 4 heteroatoms. The van der Waals surface area contributed by atoms with Gasteiger partial charge >= 0.3 is 0 Å². The van der Waals surface area contributed by atoms with Crippen molar-refractivity contribution in [3.63, 3.8) is 0 Å². The molecule has 0 radical (unpaired) electrons. The number of nitrogens with one attached hydrogen (secondary N) is 1. The first-order chi connectivity index (χ1) is 7.63. The number of carbonyl (C=O) groups excluding carboxylic acids is 1. The molecule has 3 N–H and O–H groups in total. The third kappa shape index (κ3) is 4.49. The van der Waals surface area contributed by atoms with E-state index in [1.54, 1.807) is 0 Å². The fraction of sp³-hybridized carbons (Fsp3) is 0.917. The summed E-state index contributed by atoms with van der Waals surface area (Å²) in [6, 6.07) is 0.661. The van der Waals surface area contributed by atoms with Gasteiger partial charge in [0, 0.05) is 25.0 Å². The molecule has 1 aliphatic rings. The summed E-state index contributed by atoms with van der Waals surface area (Å²) in [6.07, 6.45) is 3.79. The minimum atomic E-state index is 0.115. The highest BCUT2D eigenvalue weighted by Gasteiger charge is 2.22. The van der Waals surface area contributed by atoms with Crippen LogP contribution in [0.1, 0.15) is 39.5 Å². The Morgan fingerprint density at radius 3 is 3.00 bits per heavy atom. The lowest BCUT2D eigenvalue weighted by atomic mass is 10.2. The molecule has 0 aromatic heterocycles. The summed E-state index contributed by atoms with van der Waals surface area (Å²) in [7, 11) is 0. The van der Waals surface area contributed by atoms with Gasteiger partial charge < -0.3 is 11.1 Å². The number of nitrogens with zero attached hydrogens (tertiary/aromatic N) is 1. The Morgan fingerprint density at radius 1 is 1.62 bits per heavy atom. The summed E-state index contributed by atoms with van der Waals surface area (Å²) in [5, 5.41) is 3.01. The molecule has 0 spiro atoms. The number of likely N-dealkylation sites (tertiary alicyclic amines) is 1. The zero-order valence-corrected chi connectivity index (χ0v) is 10.5. The van der Waals surface area contributed by atoms with Gasteiger partial charge in [0.05, 0.1) is 0 Å². The van der Waals surface area contributed by atoms with Crippen LogP contribution in [0.2, 0.25) is 0 Å². The van der Waals surface area contributed by atoms with Crippen LogP contribution in [-0.4, -0.2) is 42.5 Å². The van der Waals surface area contributed by atoms with Crippen molar-refractivity contribution < 1.29 is 4.79 Å². The van der Waals surface area contributed by atoms with Crippen LogP contribution in [0, 0.1) is 0 Å². The van der Waals surface area contributed by atoms with E-state index in [0.29, 0.717) is 12.5 Å². The molecule has 1 fully saturated rings. The van der Waals surface area contributed by atoms with Crippen molar-refractivity contribution in [3.05, 3.63) is 0 Å². The molecular formula is C12H25N3O. The highest BCUT2D eigenvalue weighted by molar-refractivity contribution is 5.75. The summed E-state index contributed by atoms with van der Waals surface area (Å²) in [6.45, 7) is 7.17. The van der Waals surface area contributed by atoms with Crippen molar-refractivity contribution in [1.29, 1.82) is 0 Å². The SMILES string of the molecule is CCN1CCCC1CNC(=O)CCC(C)N. The van der Waals surface area contributed by atoms with Crippen LogP contribution >= 0.6 is 0 Å². The number of likely N-dealkylation sites (N-methyl/N-ethyl adjacent to an activating group) is 1. The van der Waals surface area contributed by atoms with E-state index >= 15 is 0 Å². The first-order valence-electron chi connectivity index (χ1n) is 6.39. The van der Waals surface area contributed by atoms with Gasteiger partial charge in [-0.2, -0.15) is 0 Å². The van der Waals surface area contributed by atoms with E-state index in [1.807, 2.05) is 6.92 Å². The van der Waals surface area contributed by atoms with E-state index in [-0.39, 0.29) is 11.9 Å². The van der Waals surface area contributed by atoms with E-state index in [4.69, 9.17) is 5.73 Å². The van der Waals surface area contributed by atoms with Crippen molar-refractivity contribution in [3.8, 4) is 0 Å². The molecule has 1 amide bonds. The van der Waals surface area contributed by atoms with Crippen LogP contribution in [0.3, 0.4) is 0 Å². The molecule has 0 aliphatic carbocycles. The average Bonchev–Trinajstić information content (AvgIpc) is 2.70. The smallest absolute Gasteiger partial charge is 0.220 e. The van der Waals surface area contributed by atoms with Crippen LogP contribution in [0.4, 0.5) is 0 Å². The predicted octanol–water partition coefficient (Wildman–Crippen LogP) is 0.714. The maximum absolute atomic E-state index is 11.5. The normalized spacial score (nSPS) is 23.3. The minimum absolute atomic E-state index is 0.115. The lowest BCUT2D eigenvalue weighted by Crippen LogP contribution is -2.40. The number of rotatable bonds is 6. The molecule has 0 bridgehead atoms.